The topological polar surface area (TPSA) is 32.3 Å². The van der Waals surface area contributed by atoms with Gasteiger partial charge in [-0.05, 0) is 31.0 Å². The van der Waals surface area contributed by atoms with Crippen molar-refractivity contribution in [2.45, 2.75) is 12.8 Å². The van der Waals surface area contributed by atoms with Crippen LogP contribution in [0.1, 0.15) is 12.0 Å². The summed E-state index contributed by atoms with van der Waals surface area (Å²) in [7, 11) is 0. The second kappa shape index (κ2) is 7.18. The lowest BCUT2D eigenvalue weighted by atomic mass is 10.1. The minimum Gasteiger partial charge on any atom is -0.354 e. The van der Waals surface area contributed by atoms with Crippen LogP contribution in [-0.2, 0) is 6.42 Å². The molecule has 1 aromatic carbocycles. The molecule has 1 saturated heterocycles. The van der Waals surface area contributed by atoms with Crippen molar-refractivity contribution in [3.05, 3.63) is 54.5 Å². The molecule has 1 aliphatic rings. The molecule has 1 aromatic heterocycles. The summed E-state index contributed by atoms with van der Waals surface area (Å²) in [5, 5.41) is 0. The molecule has 0 atom stereocenters. The Labute approximate surface area is 126 Å². The maximum absolute atomic E-state index is 4.33. The molecule has 0 N–H and O–H groups in total. The minimum absolute atomic E-state index is 1.05. The van der Waals surface area contributed by atoms with Gasteiger partial charge in [-0.2, -0.15) is 0 Å². The van der Waals surface area contributed by atoms with Gasteiger partial charge in [0.05, 0.1) is 0 Å². The third kappa shape index (κ3) is 4.02. The van der Waals surface area contributed by atoms with E-state index in [4.69, 9.17) is 0 Å². The highest BCUT2D eigenvalue weighted by atomic mass is 15.3. The van der Waals surface area contributed by atoms with Gasteiger partial charge in [0.15, 0.2) is 0 Å². The van der Waals surface area contributed by atoms with Crippen LogP contribution >= 0.6 is 0 Å². The zero-order chi connectivity index (χ0) is 14.3. The number of aryl methyl sites for hydroxylation is 1. The van der Waals surface area contributed by atoms with Gasteiger partial charge < -0.3 is 4.90 Å². The monoisotopic (exact) mass is 282 g/mol. The second-order valence-electron chi connectivity index (χ2n) is 5.49. The van der Waals surface area contributed by atoms with Gasteiger partial charge in [0, 0.05) is 32.4 Å². The molecule has 4 heteroatoms. The van der Waals surface area contributed by atoms with E-state index in [1.807, 2.05) is 12.3 Å². The van der Waals surface area contributed by atoms with Crippen LogP contribution in [0, 0.1) is 0 Å². The average molecular weight is 282 g/mol. The van der Waals surface area contributed by atoms with Crippen LogP contribution in [-0.4, -0.2) is 47.6 Å². The van der Waals surface area contributed by atoms with E-state index in [9.17, 15) is 0 Å². The Bertz CT molecular complexity index is 518. The molecule has 0 amide bonds. The standard InChI is InChI=1S/C17H22N4/c1-2-5-16(6-3-1)7-4-10-20-11-13-21(14-12-20)17-8-9-18-15-19-17/h1-3,5-6,8-9,15H,4,7,10-14H2. The lowest BCUT2D eigenvalue weighted by Gasteiger charge is -2.35. The fraction of sp³-hybridized carbons (Fsp3) is 0.412. The molecule has 2 aromatic rings. The highest BCUT2D eigenvalue weighted by Gasteiger charge is 2.17. The van der Waals surface area contributed by atoms with Gasteiger partial charge in [-0.25, -0.2) is 9.97 Å². The molecule has 0 unspecified atom stereocenters. The number of anilines is 1. The molecule has 1 fully saturated rings. The Morgan fingerprint density at radius 2 is 1.76 bits per heavy atom. The fourth-order valence-corrected chi connectivity index (χ4v) is 2.82. The predicted octanol–water partition coefficient (Wildman–Crippen LogP) is 2.23. The largest absolute Gasteiger partial charge is 0.354 e. The number of hydrogen-bond acceptors (Lipinski definition) is 4. The SMILES string of the molecule is c1ccc(CCCN2CCN(c3ccncn3)CC2)cc1. The molecule has 0 saturated carbocycles. The number of rotatable bonds is 5. The quantitative estimate of drug-likeness (QED) is 0.842. The molecular weight excluding hydrogens is 260 g/mol. The van der Waals surface area contributed by atoms with Crippen LogP contribution in [0.5, 0.6) is 0 Å². The molecule has 1 aliphatic heterocycles. The zero-order valence-electron chi connectivity index (χ0n) is 12.4. The summed E-state index contributed by atoms with van der Waals surface area (Å²) in [6.45, 7) is 5.55. The van der Waals surface area contributed by atoms with Gasteiger partial charge in [0.25, 0.3) is 0 Å². The number of benzene rings is 1. The Morgan fingerprint density at radius 3 is 2.48 bits per heavy atom. The zero-order valence-corrected chi connectivity index (χ0v) is 12.4. The molecule has 0 aliphatic carbocycles. The molecule has 3 rings (SSSR count). The van der Waals surface area contributed by atoms with Crippen molar-refractivity contribution in [2.75, 3.05) is 37.6 Å². The van der Waals surface area contributed by atoms with Crippen LogP contribution < -0.4 is 4.90 Å². The van der Waals surface area contributed by atoms with E-state index in [1.54, 1.807) is 6.33 Å². The molecule has 4 nitrogen and oxygen atoms in total. The summed E-state index contributed by atoms with van der Waals surface area (Å²) < 4.78 is 0. The molecule has 21 heavy (non-hydrogen) atoms. The number of hydrogen-bond donors (Lipinski definition) is 0. The fourth-order valence-electron chi connectivity index (χ4n) is 2.82. The van der Waals surface area contributed by atoms with E-state index in [0.717, 1.165) is 32.0 Å². The molecule has 0 radical (unpaired) electrons. The van der Waals surface area contributed by atoms with E-state index in [-0.39, 0.29) is 0 Å². The summed E-state index contributed by atoms with van der Waals surface area (Å²) in [4.78, 5) is 13.2. The van der Waals surface area contributed by atoms with Gasteiger partial charge >= 0.3 is 0 Å². The highest BCUT2D eigenvalue weighted by molar-refractivity contribution is 5.36. The molecule has 2 heterocycles. The summed E-state index contributed by atoms with van der Waals surface area (Å²) in [6.07, 6.45) is 5.85. The second-order valence-corrected chi connectivity index (χ2v) is 5.49. The van der Waals surface area contributed by atoms with Gasteiger partial charge in [0.2, 0.25) is 0 Å². The van der Waals surface area contributed by atoms with Crippen molar-refractivity contribution in [3.8, 4) is 0 Å². The lowest BCUT2D eigenvalue weighted by Crippen LogP contribution is -2.47. The first kappa shape index (κ1) is 14.0. The summed E-state index contributed by atoms with van der Waals surface area (Å²) in [5.74, 6) is 1.05. The minimum atomic E-state index is 1.05. The van der Waals surface area contributed by atoms with Gasteiger partial charge in [0.1, 0.15) is 12.1 Å². The molecule has 0 spiro atoms. The van der Waals surface area contributed by atoms with E-state index >= 15 is 0 Å². The Kier molecular flexibility index (Phi) is 4.79. The van der Waals surface area contributed by atoms with Gasteiger partial charge in [-0.1, -0.05) is 30.3 Å². The van der Waals surface area contributed by atoms with E-state index in [2.05, 4.69) is 50.1 Å². The molecular formula is C17H22N4. The Hall–Kier alpha value is -1.94. The van der Waals surface area contributed by atoms with Crippen molar-refractivity contribution in [1.29, 1.82) is 0 Å². The van der Waals surface area contributed by atoms with Crippen LogP contribution in [0.3, 0.4) is 0 Å². The molecule has 0 bridgehead atoms. The van der Waals surface area contributed by atoms with E-state index < -0.39 is 0 Å². The maximum Gasteiger partial charge on any atom is 0.131 e. The van der Waals surface area contributed by atoms with Crippen LogP contribution in [0.2, 0.25) is 0 Å². The lowest BCUT2D eigenvalue weighted by molar-refractivity contribution is 0.254. The summed E-state index contributed by atoms with van der Waals surface area (Å²) in [6, 6.07) is 12.7. The van der Waals surface area contributed by atoms with Crippen molar-refractivity contribution in [2.24, 2.45) is 0 Å². The summed E-state index contributed by atoms with van der Waals surface area (Å²) >= 11 is 0. The number of nitrogens with zero attached hydrogens (tertiary/aromatic N) is 4. The molecule has 110 valence electrons. The van der Waals surface area contributed by atoms with Crippen LogP contribution in [0.15, 0.2) is 48.9 Å². The predicted molar refractivity (Wildman–Crippen MR) is 85.4 cm³/mol. The van der Waals surface area contributed by atoms with Crippen LogP contribution in [0.25, 0.3) is 0 Å². The summed E-state index contributed by atoms with van der Waals surface area (Å²) in [5.41, 5.74) is 1.44. The first-order chi connectivity index (χ1) is 10.4. The van der Waals surface area contributed by atoms with Crippen molar-refractivity contribution < 1.29 is 0 Å². The number of piperazine rings is 1. The van der Waals surface area contributed by atoms with Gasteiger partial charge in [-0.3, -0.25) is 4.90 Å². The first-order valence-electron chi connectivity index (χ1n) is 7.69. The third-order valence-electron chi connectivity index (χ3n) is 4.05. The van der Waals surface area contributed by atoms with E-state index in [0.29, 0.717) is 0 Å². The third-order valence-corrected chi connectivity index (χ3v) is 4.05. The Morgan fingerprint density at radius 1 is 0.952 bits per heavy atom. The maximum atomic E-state index is 4.33. The van der Waals surface area contributed by atoms with Crippen molar-refractivity contribution in [3.63, 3.8) is 0 Å². The van der Waals surface area contributed by atoms with Gasteiger partial charge in [-0.15, -0.1) is 0 Å². The van der Waals surface area contributed by atoms with E-state index in [1.165, 1.54) is 24.9 Å². The van der Waals surface area contributed by atoms with Crippen LogP contribution in [0.4, 0.5) is 5.82 Å². The normalized spacial score (nSPS) is 16.1. The van der Waals surface area contributed by atoms with Crippen molar-refractivity contribution in [1.82, 2.24) is 14.9 Å². The Balaban J connectivity index is 1.40. The first-order valence-corrected chi connectivity index (χ1v) is 7.69. The van der Waals surface area contributed by atoms with Crippen molar-refractivity contribution >= 4 is 5.82 Å². The number of aromatic nitrogens is 2. The smallest absolute Gasteiger partial charge is 0.131 e. The average Bonchev–Trinajstić information content (AvgIpc) is 2.57. The highest BCUT2D eigenvalue weighted by Crippen LogP contribution is 2.12.